The lowest BCUT2D eigenvalue weighted by Crippen LogP contribution is -2.28. The maximum Gasteiger partial charge on any atom is 0.324 e. The van der Waals surface area contributed by atoms with Crippen LogP contribution in [0, 0.1) is 0 Å². The lowest BCUT2D eigenvalue weighted by atomic mass is 10.1. The fourth-order valence-corrected chi connectivity index (χ4v) is 1.11. The van der Waals surface area contributed by atoms with Crippen molar-refractivity contribution in [2.75, 3.05) is 19.0 Å². The van der Waals surface area contributed by atoms with E-state index in [-0.39, 0.29) is 17.6 Å². The molecule has 0 aliphatic heterocycles. The molecule has 0 radical (unpaired) electrons. The van der Waals surface area contributed by atoms with Crippen LogP contribution in [-0.2, 0) is 0 Å². The van der Waals surface area contributed by atoms with Crippen molar-refractivity contribution in [2.45, 2.75) is 46.1 Å². The van der Waals surface area contributed by atoms with E-state index in [0.717, 1.165) is 19.4 Å². The van der Waals surface area contributed by atoms with Gasteiger partial charge in [0.15, 0.2) is 0 Å². The Hall–Kier alpha value is -1.59. The number of anilines is 1. The van der Waals surface area contributed by atoms with Crippen LogP contribution in [0.1, 0.15) is 40.5 Å². The molecule has 1 heterocycles. The Labute approximate surface area is 108 Å². The maximum atomic E-state index is 5.73. The fourth-order valence-electron chi connectivity index (χ4n) is 1.11. The van der Waals surface area contributed by atoms with Crippen LogP contribution in [0.4, 0.5) is 5.95 Å². The molecule has 0 fully saturated rings. The zero-order valence-corrected chi connectivity index (χ0v) is 11.8. The summed E-state index contributed by atoms with van der Waals surface area (Å²) in [5, 5.41) is 3.09. The maximum absolute atomic E-state index is 5.73. The summed E-state index contributed by atoms with van der Waals surface area (Å²) >= 11 is 0. The van der Waals surface area contributed by atoms with Crippen molar-refractivity contribution in [1.82, 2.24) is 15.0 Å². The molecule has 6 heteroatoms. The van der Waals surface area contributed by atoms with E-state index in [1.807, 2.05) is 13.8 Å². The van der Waals surface area contributed by atoms with E-state index in [9.17, 15) is 0 Å². The van der Waals surface area contributed by atoms with E-state index in [1.165, 1.54) is 7.11 Å². The number of aromatic nitrogens is 3. The molecule has 0 spiro atoms. The van der Waals surface area contributed by atoms with E-state index in [2.05, 4.69) is 34.1 Å². The van der Waals surface area contributed by atoms with Gasteiger partial charge in [0, 0.05) is 6.54 Å². The van der Waals surface area contributed by atoms with Gasteiger partial charge in [-0.1, -0.05) is 13.8 Å². The zero-order valence-electron chi connectivity index (χ0n) is 11.8. The molecule has 1 aromatic rings. The largest absolute Gasteiger partial charge is 0.467 e. The van der Waals surface area contributed by atoms with Gasteiger partial charge in [0.2, 0.25) is 5.95 Å². The first-order valence-electron chi connectivity index (χ1n) is 6.23. The first-order valence-corrected chi connectivity index (χ1v) is 6.23. The predicted molar refractivity (Wildman–Crippen MR) is 70.2 cm³/mol. The summed E-state index contributed by atoms with van der Waals surface area (Å²) in [7, 11) is 1.52. The van der Waals surface area contributed by atoms with Crippen molar-refractivity contribution in [3.05, 3.63) is 0 Å². The van der Waals surface area contributed by atoms with Gasteiger partial charge in [-0.15, -0.1) is 4.98 Å². The molecular weight excluding hydrogens is 232 g/mol. The van der Waals surface area contributed by atoms with Gasteiger partial charge >= 0.3 is 12.0 Å². The second-order valence-electron chi connectivity index (χ2n) is 4.57. The Morgan fingerprint density at radius 2 is 1.78 bits per heavy atom. The third-order valence-corrected chi connectivity index (χ3v) is 2.53. The van der Waals surface area contributed by atoms with Crippen LogP contribution in [0.15, 0.2) is 0 Å². The Kier molecular flexibility index (Phi) is 5.12. The Morgan fingerprint density at radius 3 is 2.33 bits per heavy atom. The fraction of sp³-hybridized carbons (Fsp3) is 0.750. The number of hydrogen-bond acceptors (Lipinski definition) is 6. The normalized spacial score (nSPS) is 11.2. The highest BCUT2D eigenvalue weighted by Crippen LogP contribution is 2.19. The number of nitrogens with zero attached hydrogens (tertiary/aromatic N) is 3. The summed E-state index contributed by atoms with van der Waals surface area (Å²) in [4.78, 5) is 12.4. The smallest absolute Gasteiger partial charge is 0.324 e. The highest BCUT2D eigenvalue weighted by Gasteiger charge is 2.20. The van der Waals surface area contributed by atoms with Gasteiger partial charge < -0.3 is 14.8 Å². The minimum atomic E-state index is -0.311. The quantitative estimate of drug-likeness (QED) is 0.805. The molecule has 1 aromatic heterocycles. The molecule has 0 aliphatic carbocycles. The van der Waals surface area contributed by atoms with Gasteiger partial charge in [0.1, 0.15) is 5.60 Å². The first kappa shape index (κ1) is 14.5. The third-order valence-electron chi connectivity index (χ3n) is 2.53. The summed E-state index contributed by atoms with van der Waals surface area (Å²) in [6.07, 6.45) is 1.85. The first-order chi connectivity index (χ1) is 8.50. The summed E-state index contributed by atoms with van der Waals surface area (Å²) in [6, 6.07) is 0.540. The van der Waals surface area contributed by atoms with E-state index in [4.69, 9.17) is 9.47 Å². The standard InChI is InChI=1S/C12H22N4O2/c1-6-8-13-9-14-10(17-5)16-11(15-9)18-12(3,4)7-2/h6-8H2,1-5H3,(H,13,14,15,16). The van der Waals surface area contributed by atoms with Crippen molar-refractivity contribution in [1.29, 1.82) is 0 Å². The molecule has 0 aliphatic rings. The van der Waals surface area contributed by atoms with Crippen molar-refractivity contribution in [3.8, 4) is 12.0 Å². The topological polar surface area (TPSA) is 69.2 Å². The van der Waals surface area contributed by atoms with Gasteiger partial charge in [0.05, 0.1) is 7.11 Å². The third kappa shape index (κ3) is 4.35. The van der Waals surface area contributed by atoms with Crippen LogP contribution in [0.5, 0.6) is 12.0 Å². The number of ether oxygens (including phenoxy) is 2. The van der Waals surface area contributed by atoms with Crippen molar-refractivity contribution in [3.63, 3.8) is 0 Å². The summed E-state index contributed by atoms with van der Waals surface area (Å²) in [6.45, 7) is 8.90. The highest BCUT2D eigenvalue weighted by atomic mass is 16.5. The molecule has 1 rings (SSSR count). The molecule has 0 bridgehead atoms. The highest BCUT2D eigenvalue weighted by molar-refractivity contribution is 5.27. The molecule has 1 N–H and O–H groups in total. The van der Waals surface area contributed by atoms with Crippen LogP contribution >= 0.6 is 0 Å². The minimum absolute atomic E-state index is 0.255. The average molecular weight is 254 g/mol. The number of methoxy groups -OCH3 is 1. The van der Waals surface area contributed by atoms with Gasteiger partial charge in [-0.2, -0.15) is 9.97 Å². The number of hydrogen-bond donors (Lipinski definition) is 1. The van der Waals surface area contributed by atoms with E-state index < -0.39 is 0 Å². The number of rotatable bonds is 7. The van der Waals surface area contributed by atoms with Crippen LogP contribution in [0.3, 0.4) is 0 Å². The lowest BCUT2D eigenvalue weighted by molar-refractivity contribution is 0.0911. The SMILES string of the molecule is CCCNc1nc(OC)nc(OC(C)(C)CC)n1. The van der Waals surface area contributed by atoms with Crippen LogP contribution in [0.25, 0.3) is 0 Å². The van der Waals surface area contributed by atoms with E-state index >= 15 is 0 Å². The summed E-state index contributed by atoms with van der Waals surface area (Å²) in [5.74, 6) is 0.477. The van der Waals surface area contributed by atoms with Crippen LogP contribution in [-0.4, -0.2) is 34.2 Å². The predicted octanol–water partition coefficient (Wildman–Crippen LogP) is 2.27. The molecule has 0 amide bonds. The number of nitrogens with one attached hydrogen (secondary N) is 1. The van der Waals surface area contributed by atoms with Crippen LogP contribution in [0.2, 0.25) is 0 Å². The second-order valence-corrected chi connectivity index (χ2v) is 4.57. The molecule has 18 heavy (non-hydrogen) atoms. The van der Waals surface area contributed by atoms with Crippen LogP contribution < -0.4 is 14.8 Å². The average Bonchev–Trinajstić information content (AvgIpc) is 2.35. The Balaban J connectivity index is 2.89. The molecule has 6 nitrogen and oxygen atoms in total. The summed E-state index contributed by atoms with van der Waals surface area (Å²) < 4.78 is 10.8. The van der Waals surface area contributed by atoms with E-state index in [0.29, 0.717) is 5.95 Å². The van der Waals surface area contributed by atoms with Gasteiger partial charge in [-0.05, 0) is 26.7 Å². The molecule has 0 saturated heterocycles. The molecule has 0 unspecified atom stereocenters. The van der Waals surface area contributed by atoms with Crippen molar-refractivity contribution < 1.29 is 9.47 Å². The molecule has 0 atom stereocenters. The van der Waals surface area contributed by atoms with Crippen molar-refractivity contribution >= 4 is 5.95 Å². The monoisotopic (exact) mass is 254 g/mol. The molecule has 0 saturated carbocycles. The van der Waals surface area contributed by atoms with Gasteiger partial charge in [-0.25, -0.2) is 0 Å². The molecule has 102 valence electrons. The molecular formula is C12H22N4O2. The van der Waals surface area contributed by atoms with Gasteiger partial charge in [0.25, 0.3) is 0 Å². The zero-order chi connectivity index (χ0) is 13.6. The van der Waals surface area contributed by atoms with Gasteiger partial charge in [-0.3, -0.25) is 0 Å². The Morgan fingerprint density at radius 1 is 1.11 bits per heavy atom. The second kappa shape index (κ2) is 6.37. The Bertz CT molecular complexity index is 382. The minimum Gasteiger partial charge on any atom is -0.467 e. The van der Waals surface area contributed by atoms with E-state index in [1.54, 1.807) is 0 Å². The van der Waals surface area contributed by atoms with Crippen molar-refractivity contribution in [2.24, 2.45) is 0 Å². The lowest BCUT2D eigenvalue weighted by Gasteiger charge is -2.23. The summed E-state index contributed by atoms with van der Waals surface area (Å²) in [5.41, 5.74) is -0.311. The molecule has 0 aromatic carbocycles.